The summed E-state index contributed by atoms with van der Waals surface area (Å²) in [6.45, 7) is 16.6. The summed E-state index contributed by atoms with van der Waals surface area (Å²) < 4.78 is 23.8. The van der Waals surface area contributed by atoms with Crippen LogP contribution >= 0.6 is 0 Å². The highest BCUT2D eigenvalue weighted by atomic mass is 16.7. The Morgan fingerprint density at radius 3 is 1.12 bits per heavy atom. The van der Waals surface area contributed by atoms with Crippen LogP contribution < -0.4 is 0 Å². The first-order valence-corrected chi connectivity index (χ1v) is 9.41. The monoisotopic (exact) mass is 348 g/mol. The number of unbranched alkanes of at least 4 members (excludes halogenated alkanes) is 2. The molecule has 6 heteroatoms. The number of hydrogen-bond acceptors (Lipinski definition) is 4. The van der Waals surface area contributed by atoms with E-state index in [9.17, 15) is 0 Å². The van der Waals surface area contributed by atoms with Crippen molar-refractivity contribution in [1.82, 2.24) is 0 Å². The van der Waals surface area contributed by atoms with Crippen molar-refractivity contribution >= 4 is 14.2 Å². The predicted octanol–water partition coefficient (Wildman–Crippen LogP) is 4.53. The van der Waals surface area contributed by atoms with Crippen molar-refractivity contribution in [1.29, 1.82) is 0 Å². The van der Waals surface area contributed by atoms with Crippen molar-refractivity contribution in [2.45, 2.75) is 97.1 Å². The lowest BCUT2D eigenvalue weighted by molar-refractivity contribution is 0.00578. The molecule has 0 aromatic heterocycles. The Hall–Kier alpha value is -0.550. The quantitative estimate of drug-likeness (QED) is 0.522. The van der Waals surface area contributed by atoms with Gasteiger partial charge in [-0.05, 0) is 74.7 Å². The third-order valence-electron chi connectivity index (χ3n) is 5.87. The van der Waals surface area contributed by atoms with Gasteiger partial charge >= 0.3 is 14.2 Å². The van der Waals surface area contributed by atoms with Gasteiger partial charge in [0.25, 0.3) is 0 Å². The Kier molecular flexibility index (Phi) is 6.00. The highest BCUT2D eigenvalue weighted by Gasteiger charge is 2.50. The van der Waals surface area contributed by atoms with Crippen molar-refractivity contribution in [3.05, 3.63) is 24.1 Å². The molecule has 2 heterocycles. The molecule has 0 spiro atoms. The highest BCUT2D eigenvalue weighted by molar-refractivity contribution is 6.52. The molecule has 0 unspecified atom stereocenters. The predicted molar refractivity (Wildman–Crippen MR) is 104 cm³/mol. The zero-order valence-electron chi connectivity index (χ0n) is 17.2. The van der Waals surface area contributed by atoms with Gasteiger partial charge in [-0.25, -0.2) is 0 Å². The summed E-state index contributed by atoms with van der Waals surface area (Å²) in [5, 5.41) is 0. The van der Waals surface area contributed by atoms with E-state index in [2.05, 4.69) is 67.5 Å². The molecule has 0 aromatic rings. The number of allylic oxidation sites excluding steroid dienone is 2. The van der Waals surface area contributed by atoms with Gasteiger partial charge in [0.15, 0.2) is 0 Å². The summed E-state index contributed by atoms with van der Waals surface area (Å²) in [7, 11) is -0.490. The Morgan fingerprint density at radius 1 is 0.560 bits per heavy atom. The smallest absolute Gasteiger partial charge is 0.400 e. The fraction of sp³-hybridized carbons (Fsp3) is 0.789. The zero-order valence-corrected chi connectivity index (χ0v) is 17.2. The van der Waals surface area contributed by atoms with Gasteiger partial charge in [-0.2, -0.15) is 0 Å². The van der Waals surface area contributed by atoms with E-state index in [1.54, 1.807) is 0 Å². The third-order valence-corrected chi connectivity index (χ3v) is 5.87. The molecular formula is C19H34B2O4. The second kappa shape index (κ2) is 7.22. The average Bonchev–Trinajstić information content (AvgIpc) is 2.76. The molecule has 0 amide bonds. The van der Waals surface area contributed by atoms with Crippen molar-refractivity contribution in [3.8, 4) is 0 Å². The normalized spacial score (nSPS) is 27.0. The van der Waals surface area contributed by atoms with Crippen LogP contribution in [-0.2, 0) is 18.6 Å². The van der Waals surface area contributed by atoms with E-state index in [4.69, 9.17) is 18.6 Å². The zero-order chi connectivity index (χ0) is 18.9. The fourth-order valence-corrected chi connectivity index (χ4v) is 2.70. The van der Waals surface area contributed by atoms with E-state index in [0.717, 1.165) is 19.3 Å². The number of rotatable bonds is 6. The van der Waals surface area contributed by atoms with Crippen LogP contribution in [0.1, 0.15) is 74.7 Å². The molecule has 2 saturated heterocycles. The molecule has 0 aliphatic carbocycles. The SMILES string of the molecule is CC1(C)OB(/C=C\CCC/C=C\B2OC(C)(C)C(C)(C)O2)OC1(C)C. The first-order chi connectivity index (χ1) is 11.4. The maximum atomic E-state index is 5.94. The Bertz CT molecular complexity index is 446. The second-order valence-corrected chi connectivity index (χ2v) is 9.04. The van der Waals surface area contributed by atoms with Crippen molar-refractivity contribution in [2.75, 3.05) is 0 Å². The van der Waals surface area contributed by atoms with Gasteiger partial charge in [-0.3, -0.25) is 0 Å². The molecule has 0 radical (unpaired) electrons. The van der Waals surface area contributed by atoms with Crippen LogP contribution in [0, 0.1) is 0 Å². The van der Waals surface area contributed by atoms with E-state index in [-0.39, 0.29) is 36.6 Å². The minimum absolute atomic E-state index is 0.245. The van der Waals surface area contributed by atoms with Gasteiger partial charge in [-0.15, -0.1) is 0 Å². The minimum atomic E-state index is -0.270. The van der Waals surface area contributed by atoms with Crippen molar-refractivity contribution < 1.29 is 18.6 Å². The molecule has 2 fully saturated rings. The molecule has 0 bridgehead atoms. The summed E-state index contributed by atoms with van der Waals surface area (Å²) in [5.41, 5.74) is -1.08. The second-order valence-electron chi connectivity index (χ2n) is 9.04. The van der Waals surface area contributed by atoms with E-state index < -0.39 is 0 Å². The topological polar surface area (TPSA) is 36.9 Å². The maximum absolute atomic E-state index is 5.94. The number of hydrogen-bond donors (Lipinski definition) is 0. The summed E-state index contributed by atoms with van der Waals surface area (Å²) >= 11 is 0. The molecule has 2 rings (SSSR count). The van der Waals surface area contributed by atoms with Crippen molar-refractivity contribution in [2.24, 2.45) is 0 Å². The lowest BCUT2D eigenvalue weighted by atomic mass is 9.88. The Balaban J connectivity index is 1.66. The van der Waals surface area contributed by atoms with Crippen LogP contribution in [0.4, 0.5) is 0 Å². The van der Waals surface area contributed by atoms with Gasteiger partial charge in [0.2, 0.25) is 0 Å². The highest BCUT2D eigenvalue weighted by Crippen LogP contribution is 2.37. The third kappa shape index (κ3) is 4.79. The summed E-state index contributed by atoms with van der Waals surface area (Å²) in [4.78, 5) is 0. The molecule has 0 N–H and O–H groups in total. The summed E-state index contributed by atoms with van der Waals surface area (Å²) in [6.07, 6.45) is 7.36. The van der Waals surface area contributed by atoms with E-state index in [1.807, 2.05) is 12.0 Å². The van der Waals surface area contributed by atoms with Gasteiger partial charge in [-0.1, -0.05) is 24.1 Å². The average molecular weight is 348 g/mol. The van der Waals surface area contributed by atoms with E-state index >= 15 is 0 Å². The minimum Gasteiger partial charge on any atom is -0.400 e. The molecule has 25 heavy (non-hydrogen) atoms. The van der Waals surface area contributed by atoms with Gasteiger partial charge in [0, 0.05) is 0 Å². The standard InChI is InChI=1S/C19H34B2O4/c1-16(2)17(3,4)23-20(22-16)14-12-10-9-11-13-15-21-24-18(5,6)19(7,8)25-21/h12-15H,9-11H2,1-8H3/b14-12-,15-13-. The van der Waals surface area contributed by atoms with E-state index in [1.165, 1.54) is 0 Å². The molecular weight excluding hydrogens is 314 g/mol. The largest absolute Gasteiger partial charge is 0.486 e. The molecule has 0 saturated carbocycles. The van der Waals surface area contributed by atoms with E-state index in [0.29, 0.717) is 0 Å². The molecule has 2 aliphatic rings. The summed E-state index contributed by atoms with van der Waals surface area (Å²) in [5.74, 6) is 4.04. The lowest BCUT2D eigenvalue weighted by Crippen LogP contribution is -2.41. The molecule has 0 atom stereocenters. The maximum Gasteiger partial charge on any atom is 0.486 e. The van der Waals surface area contributed by atoms with Crippen LogP contribution in [0.15, 0.2) is 24.1 Å². The van der Waals surface area contributed by atoms with Crippen LogP contribution in [0.3, 0.4) is 0 Å². The van der Waals surface area contributed by atoms with Crippen LogP contribution in [0.5, 0.6) is 0 Å². The van der Waals surface area contributed by atoms with Crippen molar-refractivity contribution in [3.63, 3.8) is 0 Å². The first-order valence-electron chi connectivity index (χ1n) is 9.41. The Labute approximate surface area is 154 Å². The lowest BCUT2D eigenvalue weighted by Gasteiger charge is -2.32. The van der Waals surface area contributed by atoms with Crippen LogP contribution in [0.25, 0.3) is 0 Å². The van der Waals surface area contributed by atoms with Crippen LogP contribution in [-0.4, -0.2) is 36.6 Å². The molecule has 2 aliphatic heterocycles. The molecule has 140 valence electrons. The first kappa shape index (κ1) is 20.8. The fourth-order valence-electron chi connectivity index (χ4n) is 2.70. The van der Waals surface area contributed by atoms with Gasteiger partial charge in [0.05, 0.1) is 22.4 Å². The molecule has 4 nitrogen and oxygen atoms in total. The summed E-state index contributed by atoms with van der Waals surface area (Å²) in [6, 6.07) is 0. The van der Waals surface area contributed by atoms with Gasteiger partial charge in [0.1, 0.15) is 0 Å². The van der Waals surface area contributed by atoms with Crippen LogP contribution in [0.2, 0.25) is 0 Å². The molecule has 0 aromatic carbocycles. The van der Waals surface area contributed by atoms with Gasteiger partial charge < -0.3 is 18.6 Å². The Morgan fingerprint density at radius 2 is 0.840 bits per heavy atom.